The van der Waals surface area contributed by atoms with Crippen LogP contribution in [-0.2, 0) is 6.18 Å². The minimum atomic E-state index is -4.76. The van der Waals surface area contributed by atoms with Crippen LogP contribution in [0, 0.1) is 11.3 Å². The molecule has 0 aliphatic carbocycles. The van der Waals surface area contributed by atoms with Crippen LogP contribution in [-0.4, -0.2) is 36.1 Å². The monoisotopic (exact) mass is 348 g/mol. The van der Waals surface area contributed by atoms with E-state index in [0.29, 0.717) is 0 Å². The van der Waals surface area contributed by atoms with Gasteiger partial charge in [-0.2, -0.15) is 33.7 Å². The van der Waals surface area contributed by atoms with Crippen LogP contribution < -0.4 is 5.32 Å². The zero-order chi connectivity index (χ0) is 18.0. The van der Waals surface area contributed by atoms with Gasteiger partial charge in [-0.25, -0.2) is 4.98 Å². The molecule has 0 spiro atoms. The number of amides is 1. The molecule has 3 aromatic rings. The Morgan fingerprint density at radius 1 is 1.28 bits per heavy atom. The standard InChI is InChI=1S/C13H7F3N8O/c14-13(15,16)10-9(6-19-23-10)12(25)22-8-3-7(4-17)11(18-5-8)24-20-1-2-21-24/h1-3,5-6H,(H,19,23)(H,22,25). The summed E-state index contributed by atoms with van der Waals surface area (Å²) in [6.07, 6.45) is -0.0510. The maximum atomic E-state index is 12.8. The van der Waals surface area contributed by atoms with Gasteiger partial charge in [0.05, 0.1) is 36.0 Å². The molecule has 12 heteroatoms. The molecule has 0 aliphatic heterocycles. The van der Waals surface area contributed by atoms with Gasteiger partial charge in [0.25, 0.3) is 5.91 Å². The summed E-state index contributed by atoms with van der Waals surface area (Å²) < 4.78 is 38.4. The number of halogens is 3. The van der Waals surface area contributed by atoms with E-state index in [9.17, 15) is 23.2 Å². The van der Waals surface area contributed by atoms with Crippen LogP contribution >= 0.6 is 0 Å². The normalized spacial score (nSPS) is 11.1. The SMILES string of the molecule is N#Cc1cc(NC(=O)c2cn[nH]c2C(F)(F)F)cnc1-n1nccn1. The van der Waals surface area contributed by atoms with Crippen molar-refractivity contribution in [3.63, 3.8) is 0 Å². The molecule has 0 saturated heterocycles. The maximum Gasteiger partial charge on any atom is 0.433 e. The number of H-pyrrole nitrogens is 1. The number of aromatic amines is 1. The molecule has 0 radical (unpaired) electrons. The number of hydrogen-bond acceptors (Lipinski definition) is 6. The molecule has 2 N–H and O–H groups in total. The Morgan fingerprint density at radius 3 is 2.64 bits per heavy atom. The Hall–Kier alpha value is -3.75. The van der Waals surface area contributed by atoms with Crippen molar-refractivity contribution in [1.29, 1.82) is 5.26 Å². The first-order chi connectivity index (χ1) is 11.9. The summed E-state index contributed by atoms with van der Waals surface area (Å²) in [7, 11) is 0. The number of nitriles is 1. The quantitative estimate of drug-likeness (QED) is 0.739. The molecule has 0 aliphatic rings. The second-order valence-electron chi connectivity index (χ2n) is 4.64. The average molecular weight is 348 g/mol. The predicted octanol–water partition coefficient (Wildman–Crippen LogP) is 1.53. The van der Waals surface area contributed by atoms with E-state index in [0.717, 1.165) is 11.0 Å². The van der Waals surface area contributed by atoms with Crippen LogP contribution in [0.5, 0.6) is 0 Å². The van der Waals surface area contributed by atoms with Crippen molar-refractivity contribution in [2.75, 3.05) is 5.32 Å². The third-order valence-corrected chi connectivity index (χ3v) is 3.02. The van der Waals surface area contributed by atoms with Crippen molar-refractivity contribution in [1.82, 2.24) is 30.2 Å². The maximum absolute atomic E-state index is 12.8. The third-order valence-electron chi connectivity index (χ3n) is 3.02. The first-order valence-electron chi connectivity index (χ1n) is 6.59. The fraction of sp³-hybridized carbons (Fsp3) is 0.0769. The Morgan fingerprint density at radius 2 is 2.00 bits per heavy atom. The Kier molecular flexibility index (Phi) is 3.89. The van der Waals surface area contributed by atoms with Gasteiger partial charge in [0.2, 0.25) is 0 Å². The van der Waals surface area contributed by atoms with Gasteiger partial charge in [0, 0.05) is 0 Å². The van der Waals surface area contributed by atoms with E-state index in [1.807, 2.05) is 6.07 Å². The number of rotatable bonds is 3. The van der Waals surface area contributed by atoms with Crippen LogP contribution in [0.1, 0.15) is 21.6 Å². The van der Waals surface area contributed by atoms with Gasteiger partial charge in [-0.1, -0.05) is 0 Å². The van der Waals surface area contributed by atoms with Crippen molar-refractivity contribution in [2.45, 2.75) is 6.18 Å². The van der Waals surface area contributed by atoms with Crippen molar-refractivity contribution in [3.05, 3.63) is 47.7 Å². The summed E-state index contributed by atoms with van der Waals surface area (Å²) in [5.41, 5.74) is -1.89. The summed E-state index contributed by atoms with van der Waals surface area (Å²) >= 11 is 0. The molecule has 3 rings (SSSR count). The van der Waals surface area contributed by atoms with Crippen LogP contribution in [0.2, 0.25) is 0 Å². The van der Waals surface area contributed by atoms with Crippen LogP contribution in [0.15, 0.2) is 30.9 Å². The molecule has 0 atom stereocenters. The molecule has 3 aromatic heterocycles. The molecule has 3 heterocycles. The number of pyridine rings is 1. The summed E-state index contributed by atoms with van der Waals surface area (Å²) in [6.45, 7) is 0. The number of carbonyl (C=O) groups excluding carboxylic acids is 1. The number of anilines is 1. The number of nitrogens with zero attached hydrogens (tertiary/aromatic N) is 6. The van der Waals surface area contributed by atoms with Crippen LogP contribution in [0.3, 0.4) is 0 Å². The Bertz CT molecular complexity index is 955. The van der Waals surface area contributed by atoms with E-state index in [2.05, 4.69) is 25.6 Å². The molecule has 0 unspecified atom stereocenters. The lowest BCUT2D eigenvalue weighted by Crippen LogP contribution is -2.18. The first-order valence-corrected chi connectivity index (χ1v) is 6.59. The molecule has 0 bridgehead atoms. The Balaban J connectivity index is 1.88. The van der Waals surface area contributed by atoms with Gasteiger partial charge in [-0.15, -0.1) is 4.80 Å². The van der Waals surface area contributed by atoms with E-state index in [1.54, 1.807) is 5.10 Å². The lowest BCUT2D eigenvalue weighted by atomic mass is 10.2. The highest BCUT2D eigenvalue weighted by Crippen LogP contribution is 2.30. The highest BCUT2D eigenvalue weighted by Gasteiger charge is 2.37. The van der Waals surface area contributed by atoms with Crippen molar-refractivity contribution < 1.29 is 18.0 Å². The predicted molar refractivity (Wildman–Crippen MR) is 75.4 cm³/mol. The molecular weight excluding hydrogens is 341 g/mol. The fourth-order valence-corrected chi connectivity index (χ4v) is 1.97. The zero-order valence-corrected chi connectivity index (χ0v) is 12.1. The molecule has 0 aromatic carbocycles. The van der Waals surface area contributed by atoms with Crippen molar-refractivity contribution in [3.8, 4) is 11.9 Å². The van der Waals surface area contributed by atoms with E-state index in [4.69, 9.17) is 0 Å². The molecule has 9 nitrogen and oxygen atoms in total. The fourth-order valence-electron chi connectivity index (χ4n) is 1.97. The van der Waals surface area contributed by atoms with Crippen molar-refractivity contribution in [2.24, 2.45) is 0 Å². The molecule has 25 heavy (non-hydrogen) atoms. The molecule has 0 fully saturated rings. The summed E-state index contributed by atoms with van der Waals surface area (Å²) in [6, 6.07) is 3.10. The van der Waals surface area contributed by atoms with Crippen molar-refractivity contribution >= 4 is 11.6 Å². The van der Waals surface area contributed by atoms with Gasteiger partial charge in [-0.05, 0) is 6.07 Å². The number of nitrogens with one attached hydrogen (secondary N) is 2. The average Bonchev–Trinajstić information content (AvgIpc) is 3.25. The minimum absolute atomic E-state index is 0.0252. The smallest absolute Gasteiger partial charge is 0.320 e. The number of alkyl halides is 3. The van der Waals surface area contributed by atoms with Gasteiger partial charge in [0.15, 0.2) is 11.5 Å². The van der Waals surface area contributed by atoms with E-state index >= 15 is 0 Å². The van der Waals surface area contributed by atoms with Gasteiger partial charge in [0.1, 0.15) is 11.6 Å². The first kappa shape index (κ1) is 16.1. The molecular formula is C13H7F3N8O. The lowest BCUT2D eigenvalue weighted by molar-refractivity contribution is -0.141. The highest BCUT2D eigenvalue weighted by atomic mass is 19.4. The topological polar surface area (TPSA) is 125 Å². The molecule has 0 saturated carbocycles. The zero-order valence-electron chi connectivity index (χ0n) is 12.1. The number of carbonyl (C=O) groups is 1. The summed E-state index contributed by atoms with van der Waals surface area (Å²) in [4.78, 5) is 17.1. The van der Waals surface area contributed by atoms with Gasteiger partial charge < -0.3 is 5.32 Å². The van der Waals surface area contributed by atoms with Gasteiger partial charge >= 0.3 is 6.18 Å². The van der Waals surface area contributed by atoms with E-state index < -0.39 is 23.3 Å². The summed E-state index contributed by atoms with van der Waals surface area (Å²) in [5, 5.41) is 24.1. The largest absolute Gasteiger partial charge is 0.433 e. The third kappa shape index (κ3) is 3.15. The van der Waals surface area contributed by atoms with E-state index in [-0.39, 0.29) is 17.1 Å². The van der Waals surface area contributed by atoms with Crippen LogP contribution in [0.25, 0.3) is 5.82 Å². The Labute approximate surface area is 137 Å². The minimum Gasteiger partial charge on any atom is -0.320 e. The second-order valence-corrected chi connectivity index (χ2v) is 4.64. The molecule has 1 amide bonds. The second kappa shape index (κ2) is 6.04. The number of aromatic nitrogens is 6. The van der Waals surface area contributed by atoms with Gasteiger partial charge in [-0.3, -0.25) is 9.89 Å². The van der Waals surface area contributed by atoms with E-state index in [1.165, 1.54) is 24.7 Å². The highest BCUT2D eigenvalue weighted by molar-refractivity contribution is 6.05. The summed E-state index contributed by atoms with van der Waals surface area (Å²) in [5.74, 6) is -0.929. The lowest BCUT2D eigenvalue weighted by Gasteiger charge is -2.09. The molecule has 126 valence electrons. The van der Waals surface area contributed by atoms with Crippen LogP contribution in [0.4, 0.5) is 18.9 Å². The number of hydrogen-bond donors (Lipinski definition) is 2.